The van der Waals surface area contributed by atoms with Gasteiger partial charge in [-0.3, -0.25) is 4.90 Å². The highest BCUT2D eigenvalue weighted by Crippen LogP contribution is 2.19. The van der Waals surface area contributed by atoms with Crippen LogP contribution < -0.4 is 5.32 Å². The van der Waals surface area contributed by atoms with E-state index < -0.39 is 0 Å². The van der Waals surface area contributed by atoms with Gasteiger partial charge in [0, 0.05) is 25.3 Å². The van der Waals surface area contributed by atoms with Gasteiger partial charge in [0.05, 0.1) is 18.9 Å². The number of ether oxygens (including phenoxy) is 1. The van der Waals surface area contributed by atoms with Crippen molar-refractivity contribution in [3.63, 3.8) is 0 Å². The first-order valence-corrected chi connectivity index (χ1v) is 7.93. The van der Waals surface area contributed by atoms with Gasteiger partial charge in [-0.05, 0) is 38.4 Å². The predicted octanol–water partition coefficient (Wildman–Crippen LogP) is 2.78. The fourth-order valence-corrected chi connectivity index (χ4v) is 2.72. The van der Waals surface area contributed by atoms with Gasteiger partial charge in [0.25, 0.3) is 0 Å². The summed E-state index contributed by atoms with van der Waals surface area (Å²) in [4.78, 5) is 2.49. The lowest BCUT2D eigenvalue weighted by Gasteiger charge is -2.32. The lowest BCUT2D eigenvalue weighted by atomic mass is 10.1. The molecule has 1 saturated heterocycles. The number of furan rings is 1. The molecular weight excluding hydrogens is 252 g/mol. The summed E-state index contributed by atoms with van der Waals surface area (Å²) < 4.78 is 11.5. The van der Waals surface area contributed by atoms with Crippen LogP contribution in [-0.2, 0) is 17.8 Å². The molecule has 20 heavy (non-hydrogen) atoms. The molecular formula is C16H28N2O2. The third kappa shape index (κ3) is 4.62. The molecule has 1 unspecified atom stereocenters. The van der Waals surface area contributed by atoms with Crippen molar-refractivity contribution in [2.75, 3.05) is 26.2 Å². The smallest absolute Gasteiger partial charge is 0.122 e. The first-order chi connectivity index (χ1) is 9.83. The van der Waals surface area contributed by atoms with Crippen LogP contribution in [0.3, 0.4) is 0 Å². The van der Waals surface area contributed by atoms with Crippen molar-refractivity contribution in [1.29, 1.82) is 0 Å². The molecule has 4 heteroatoms. The molecule has 0 spiro atoms. The Bertz CT molecular complexity index is 378. The number of nitrogens with one attached hydrogen (secondary N) is 1. The van der Waals surface area contributed by atoms with E-state index in [9.17, 15) is 0 Å². The number of nitrogens with zero attached hydrogens (tertiary/aromatic N) is 1. The average Bonchev–Trinajstić information content (AvgIpc) is 2.90. The lowest BCUT2D eigenvalue weighted by molar-refractivity contribution is -0.00235. The Balaban J connectivity index is 1.84. The van der Waals surface area contributed by atoms with Crippen molar-refractivity contribution in [2.24, 2.45) is 0 Å². The van der Waals surface area contributed by atoms with E-state index in [1.807, 2.05) is 0 Å². The second-order valence-corrected chi connectivity index (χ2v) is 5.52. The number of likely N-dealkylation sites (tertiary alicyclic amines) is 1. The second kappa shape index (κ2) is 8.45. The highest BCUT2D eigenvalue weighted by molar-refractivity contribution is 5.17. The number of rotatable bonds is 8. The van der Waals surface area contributed by atoms with Crippen molar-refractivity contribution in [3.05, 3.63) is 23.7 Å². The molecule has 114 valence electrons. The van der Waals surface area contributed by atoms with Crippen molar-refractivity contribution in [2.45, 2.75) is 52.3 Å². The maximum Gasteiger partial charge on any atom is 0.122 e. The Morgan fingerprint density at radius 1 is 1.45 bits per heavy atom. The normalized spacial score (nSPS) is 20.4. The second-order valence-electron chi connectivity index (χ2n) is 5.52. The molecule has 0 aliphatic carbocycles. The van der Waals surface area contributed by atoms with Gasteiger partial charge in [0.1, 0.15) is 5.76 Å². The number of hydrogen-bond acceptors (Lipinski definition) is 4. The van der Waals surface area contributed by atoms with Gasteiger partial charge in [-0.15, -0.1) is 0 Å². The first kappa shape index (κ1) is 15.5. The van der Waals surface area contributed by atoms with Crippen LogP contribution in [-0.4, -0.2) is 37.2 Å². The van der Waals surface area contributed by atoms with E-state index in [4.69, 9.17) is 9.15 Å². The summed E-state index contributed by atoms with van der Waals surface area (Å²) in [5.74, 6) is 1.07. The monoisotopic (exact) mass is 280 g/mol. The molecule has 1 N–H and O–H groups in total. The fourth-order valence-electron chi connectivity index (χ4n) is 2.72. The van der Waals surface area contributed by atoms with Gasteiger partial charge in [-0.25, -0.2) is 0 Å². The highest BCUT2D eigenvalue weighted by atomic mass is 16.5. The molecule has 0 saturated carbocycles. The quantitative estimate of drug-likeness (QED) is 0.794. The van der Waals surface area contributed by atoms with Crippen molar-refractivity contribution in [1.82, 2.24) is 10.2 Å². The molecule has 0 amide bonds. The third-order valence-corrected chi connectivity index (χ3v) is 3.79. The van der Waals surface area contributed by atoms with Crippen molar-refractivity contribution >= 4 is 0 Å². The summed E-state index contributed by atoms with van der Waals surface area (Å²) in [6.07, 6.45) is 5.75. The Morgan fingerprint density at radius 3 is 3.15 bits per heavy atom. The Hall–Kier alpha value is -0.840. The molecule has 1 aromatic heterocycles. The molecule has 1 atom stereocenters. The topological polar surface area (TPSA) is 37.6 Å². The van der Waals surface area contributed by atoms with E-state index >= 15 is 0 Å². The minimum Gasteiger partial charge on any atom is -0.468 e. The van der Waals surface area contributed by atoms with Crippen LogP contribution in [0.15, 0.2) is 16.7 Å². The van der Waals surface area contributed by atoms with Crippen LogP contribution >= 0.6 is 0 Å². The maximum atomic E-state index is 5.90. The standard InChI is InChI=1S/C16H28N2O2/c1-3-9-19-15-6-5-8-18(13-15)12-14-7-10-20-16(14)11-17-4-2/h7,10,15,17H,3-6,8-9,11-13H2,1-2H3. The SMILES string of the molecule is CCCOC1CCCN(Cc2ccoc2CNCC)C1. The molecule has 1 aliphatic heterocycles. The van der Waals surface area contributed by atoms with Crippen molar-refractivity contribution in [3.8, 4) is 0 Å². The molecule has 0 radical (unpaired) electrons. The van der Waals surface area contributed by atoms with E-state index in [0.717, 1.165) is 51.5 Å². The minimum atomic E-state index is 0.410. The summed E-state index contributed by atoms with van der Waals surface area (Å²) >= 11 is 0. The van der Waals surface area contributed by atoms with Gasteiger partial charge in [-0.1, -0.05) is 13.8 Å². The molecule has 1 fully saturated rings. The molecule has 0 bridgehead atoms. The van der Waals surface area contributed by atoms with E-state index in [2.05, 4.69) is 30.1 Å². The van der Waals surface area contributed by atoms with Gasteiger partial charge >= 0.3 is 0 Å². The van der Waals surface area contributed by atoms with Gasteiger partial charge in [0.2, 0.25) is 0 Å². The zero-order valence-electron chi connectivity index (χ0n) is 12.9. The largest absolute Gasteiger partial charge is 0.468 e. The van der Waals surface area contributed by atoms with E-state index in [-0.39, 0.29) is 0 Å². The summed E-state index contributed by atoms with van der Waals surface area (Å²) in [7, 11) is 0. The molecule has 1 aromatic rings. The highest BCUT2D eigenvalue weighted by Gasteiger charge is 2.21. The van der Waals surface area contributed by atoms with Gasteiger partial charge in [-0.2, -0.15) is 0 Å². The van der Waals surface area contributed by atoms with E-state index in [1.54, 1.807) is 6.26 Å². The maximum absolute atomic E-state index is 5.90. The van der Waals surface area contributed by atoms with Crippen LogP contribution in [0, 0.1) is 0 Å². The summed E-state index contributed by atoms with van der Waals surface area (Å²) in [5.41, 5.74) is 1.31. The first-order valence-electron chi connectivity index (χ1n) is 7.93. The zero-order valence-corrected chi connectivity index (χ0v) is 12.9. The van der Waals surface area contributed by atoms with E-state index in [0.29, 0.717) is 6.10 Å². The number of piperidine rings is 1. The molecule has 4 nitrogen and oxygen atoms in total. The third-order valence-electron chi connectivity index (χ3n) is 3.79. The summed E-state index contributed by atoms with van der Waals surface area (Å²) in [6.45, 7) is 10.1. The van der Waals surface area contributed by atoms with Crippen LogP contribution in [0.1, 0.15) is 44.4 Å². The van der Waals surface area contributed by atoms with Gasteiger partial charge in [0.15, 0.2) is 0 Å². The Kier molecular flexibility index (Phi) is 6.57. The Labute approximate surface area is 122 Å². The van der Waals surface area contributed by atoms with E-state index in [1.165, 1.54) is 18.4 Å². The van der Waals surface area contributed by atoms with Gasteiger partial charge < -0.3 is 14.5 Å². The van der Waals surface area contributed by atoms with Crippen LogP contribution in [0.25, 0.3) is 0 Å². The Morgan fingerprint density at radius 2 is 2.35 bits per heavy atom. The fraction of sp³-hybridized carbons (Fsp3) is 0.750. The molecule has 0 aromatic carbocycles. The summed E-state index contributed by atoms with van der Waals surface area (Å²) in [5, 5.41) is 3.33. The van der Waals surface area contributed by atoms with Crippen molar-refractivity contribution < 1.29 is 9.15 Å². The van der Waals surface area contributed by atoms with Crippen LogP contribution in [0.4, 0.5) is 0 Å². The average molecular weight is 280 g/mol. The molecule has 2 rings (SSSR count). The minimum absolute atomic E-state index is 0.410. The summed E-state index contributed by atoms with van der Waals surface area (Å²) in [6, 6.07) is 2.10. The predicted molar refractivity (Wildman–Crippen MR) is 80.6 cm³/mol. The zero-order chi connectivity index (χ0) is 14.2. The van der Waals surface area contributed by atoms with Crippen LogP contribution in [0.2, 0.25) is 0 Å². The van der Waals surface area contributed by atoms with Crippen LogP contribution in [0.5, 0.6) is 0 Å². The molecule has 1 aliphatic rings. The number of hydrogen-bond donors (Lipinski definition) is 1. The lowest BCUT2D eigenvalue weighted by Crippen LogP contribution is -2.39. The molecule has 2 heterocycles.